The van der Waals surface area contributed by atoms with E-state index in [2.05, 4.69) is 0 Å². The molecule has 0 spiro atoms. The highest BCUT2D eigenvalue weighted by atomic mass is 16.6. The van der Waals surface area contributed by atoms with E-state index >= 15 is 0 Å². The second kappa shape index (κ2) is 3.99. The fourth-order valence-electron chi connectivity index (χ4n) is 2.36. The molecule has 0 saturated carbocycles. The van der Waals surface area contributed by atoms with E-state index in [-0.39, 0.29) is 0 Å². The lowest BCUT2D eigenvalue weighted by Crippen LogP contribution is -2.36. The molecule has 1 aliphatic rings. The van der Waals surface area contributed by atoms with Gasteiger partial charge in [-0.25, -0.2) is 0 Å². The quantitative estimate of drug-likeness (QED) is 0.809. The molecule has 1 aliphatic heterocycles. The van der Waals surface area contributed by atoms with Gasteiger partial charge in [0.1, 0.15) is 0 Å². The molecule has 1 heterocycles. The zero-order valence-electron chi connectivity index (χ0n) is 9.47. The molecular formula is C15H14O2. The first-order valence-electron chi connectivity index (χ1n) is 5.81. The highest BCUT2D eigenvalue weighted by molar-refractivity contribution is 5.40. The molecule has 0 saturated heterocycles. The summed E-state index contributed by atoms with van der Waals surface area (Å²) in [6.07, 6.45) is 0.852. The largest absolute Gasteiger partial charge is 0.358 e. The zero-order chi connectivity index (χ0) is 11.7. The molecule has 1 unspecified atom stereocenters. The zero-order valence-corrected chi connectivity index (χ0v) is 9.47. The maximum absolute atomic E-state index is 10.8. The van der Waals surface area contributed by atoms with Gasteiger partial charge in [-0.2, -0.15) is 0 Å². The van der Waals surface area contributed by atoms with Gasteiger partial charge < -0.3 is 9.84 Å². The Labute approximate surface area is 100 Å². The standard InChI is InChI=1S/C15H14O2/c16-15(13-7-2-1-3-8-13)14-9-5-4-6-12(14)10-11-17-15/h1-9,16H,10-11H2. The Kier molecular flexibility index (Phi) is 2.46. The molecule has 0 radical (unpaired) electrons. The summed E-state index contributed by atoms with van der Waals surface area (Å²) in [4.78, 5) is 0. The topological polar surface area (TPSA) is 29.5 Å². The molecule has 2 heteroatoms. The van der Waals surface area contributed by atoms with Crippen molar-refractivity contribution in [3.8, 4) is 0 Å². The smallest absolute Gasteiger partial charge is 0.220 e. The van der Waals surface area contributed by atoms with Gasteiger partial charge in [0.2, 0.25) is 5.79 Å². The predicted molar refractivity (Wildman–Crippen MR) is 65.5 cm³/mol. The molecule has 1 atom stereocenters. The van der Waals surface area contributed by atoms with Crippen molar-refractivity contribution in [2.75, 3.05) is 6.61 Å². The number of hydrogen-bond acceptors (Lipinski definition) is 2. The first kappa shape index (κ1) is 10.5. The van der Waals surface area contributed by atoms with Gasteiger partial charge in [-0.15, -0.1) is 0 Å². The summed E-state index contributed by atoms with van der Waals surface area (Å²) < 4.78 is 5.63. The fraction of sp³-hybridized carbons (Fsp3) is 0.200. The van der Waals surface area contributed by atoms with E-state index in [1.54, 1.807) is 0 Å². The van der Waals surface area contributed by atoms with Crippen molar-refractivity contribution in [1.82, 2.24) is 0 Å². The molecule has 0 amide bonds. The van der Waals surface area contributed by atoms with Gasteiger partial charge >= 0.3 is 0 Å². The molecule has 0 fully saturated rings. The van der Waals surface area contributed by atoms with E-state index in [4.69, 9.17) is 4.74 Å². The van der Waals surface area contributed by atoms with Crippen LogP contribution >= 0.6 is 0 Å². The third-order valence-electron chi connectivity index (χ3n) is 3.23. The normalized spacial score (nSPS) is 23.1. The minimum atomic E-state index is -1.30. The highest BCUT2D eigenvalue weighted by Crippen LogP contribution is 2.36. The molecule has 0 bridgehead atoms. The van der Waals surface area contributed by atoms with Crippen LogP contribution in [0.2, 0.25) is 0 Å². The van der Waals surface area contributed by atoms with Crippen LogP contribution in [0, 0.1) is 0 Å². The van der Waals surface area contributed by atoms with Crippen LogP contribution < -0.4 is 0 Å². The number of fused-ring (bicyclic) bond motifs is 1. The van der Waals surface area contributed by atoms with Crippen molar-refractivity contribution in [2.24, 2.45) is 0 Å². The Morgan fingerprint density at radius 2 is 1.65 bits per heavy atom. The van der Waals surface area contributed by atoms with Crippen molar-refractivity contribution in [3.05, 3.63) is 71.3 Å². The maximum Gasteiger partial charge on any atom is 0.220 e. The average molecular weight is 226 g/mol. The van der Waals surface area contributed by atoms with Crippen LogP contribution in [0.1, 0.15) is 16.7 Å². The van der Waals surface area contributed by atoms with Crippen molar-refractivity contribution in [3.63, 3.8) is 0 Å². The summed E-state index contributed by atoms with van der Waals surface area (Å²) >= 11 is 0. The van der Waals surface area contributed by atoms with E-state index in [9.17, 15) is 5.11 Å². The van der Waals surface area contributed by atoms with Gasteiger partial charge in [-0.3, -0.25) is 0 Å². The van der Waals surface area contributed by atoms with Crippen molar-refractivity contribution < 1.29 is 9.84 Å². The minimum absolute atomic E-state index is 0.544. The Hall–Kier alpha value is -1.64. The van der Waals surface area contributed by atoms with Gasteiger partial charge in [-0.1, -0.05) is 54.6 Å². The first-order valence-corrected chi connectivity index (χ1v) is 5.81. The Morgan fingerprint density at radius 1 is 0.941 bits per heavy atom. The van der Waals surface area contributed by atoms with Gasteiger partial charge in [-0.05, 0) is 12.0 Å². The van der Waals surface area contributed by atoms with Gasteiger partial charge in [0, 0.05) is 11.1 Å². The third-order valence-corrected chi connectivity index (χ3v) is 3.23. The van der Waals surface area contributed by atoms with E-state index in [0.717, 1.165) is 23.1 Å². The molecule has 17 heavy (non-hydrogen) atoms. The van der Waals surface area contributed by atoms with Crippen LogP contribution in [-0.4, -0.2) is 11.7 Å². The summed E-state index contributed by atoms with van der Waals surface area (Å²) in [6.45, 7) is 0.544. The summed E-state index contributed by atoms with van der Waals surface area (Å²) in [6, 6.07) is 17.4. The molecular weight excluding hydrogens is 212 g/mol. The number of benzene rings is 2. The number of aliphatic hydroxyl groups is 1. The van der Waals surface area contributed by atoms with Crippen LogP contribution in [0.25, 0.3) is 0 Å². The van der Waals surface area contributed by atoms with Crippen LogP contribution in [-0.2, 0) is 16.9 Å². The Morgan fingerprint density at radius 3 is 2.47 bits per heavy atom. The molecule has 0 aliphatic carbocycles. The van der Waals surface area contributed by atoms with E-state index in [1.807, 2.05) is 54.6 Å². The van der Waals surface area contributed by atoms with Crippen LogP contribution in [0.5, 0.6) is 0 Å². The first-order chi connectivity index (χ1) is 8.31. The molecule has 1 N–H and O–H groups in total. The Bertz CT molecular complexity index is 521. The van der Waals surface area contributed by atoms with E-state index < -0.39 is 5.79 Å². The molecule has 2 aromatic carbocycles. The van der Waals surface area contributed by atoms with Crippen molar-refractivity contribution in [2.45, 2.75) is 12.2 Å². The van der Waals surface area contributed by atoms with Crippen LogP contribution in [0.15, 0.2) is 54.6 Å². The van der Waals surface area contributed by atoms with Gasteiger partial charge in [0.15, 0.2) is 0 Å². The Balaban J connectivity index is 2.16. The third kappa shape index (κ3) is 1.66. The second-order valence-corrected chi connectivity index (χ2v) is 4.27. The SMILES string of the molecule is OC1(c2ccccc2)OCCc2ccccc21. The van der Waals surface area contributed by atoms with Crippen molar-refractivity contribution in [1.29, 1.82) is 0 Å². The molecule has 0 aromatic heterocycles. The number of ether oxygens (including phenoxy) is 1. The predicted octanol–water partition coefficient (Wildman–Crippen LogP) is 2.45. The molecule has 2 nitrogen and oxygen atoms in total. The van der Waals surface area contributed by atoms with Crippen molar-refractivity contribution >= 4 is 0 Å². The lowest BCUT2D eigenvalue weighted by molar-refractivity contribution is -0.187. The molecule has 2 aromatic rings. The summed E-state index contributed by atoms with van der Waals surface area (Å²) in [5.41, 5.74) is 2.80. The molecule has 86 valence electrons. The number of hydrogen-bond donors (Lipinski definition) is 1. The van der Waals surface area contributed by atoms with E-state index in [1.165, 1.54) is 0 Å². The summed E-state index contributed by atoms with van der Waals surface area (Å²) in [5.74, 6) is -1.30. The van der Waals surface area contributed by atoms with Gasteiger partial charge in [0.05, 0.1) is 6.61 Å². The van der Waals surface area contributed by atoms with Gasteiger partial charge in [0.25, 0.3) is 0 Å². The second-order valence-electron chi connectivity index (χ2n) is 4.27. The minimum Gasteiger partial charge on any atom is -0.358 e. The lowest BCUT2D eigenvalue weighted by Gasteiger charge is -2.34. The summed E-state index contributed by atoms with van der Waals surface area (Å²) in [7, 11) is 0. The highest BCUT2D eigenvalue weighted by Gasteiger charge is 2.37. The molecule has 3 rings (SSSR count). The summed E-state index contributed by atoms with van der Waals surface area (Å²) in [5, 5.41) is 10.8. The van der Waals surface area contributed by atoms with Crippen LogP contribution in [0.4, 0.5) is 0 Å². The van der Waals surface area contributed by atoms with E-state index in [0.29, 0.717) is 6.61 Å². The monoisotopic (exact) mass is 226 g/mol. The number of rotatable bonds is 1. The average Bonchev–Trinajstić information content (AvgIpc) is 2.40. The maximum atomic E-state index is 10.8. The van der Waals surface area contributed by atoms with Crippen LogP contribution in [0.3, 0.4) is 0 Å². The lowest BCUT2D eigenvalue weighted by atomic mass is 9.90. The fourth-order valence-corrected chi connectivity index (χ4v) is 2.36.